The molecule has 0 fully saturated rings. The van der Waals surface area contributed by atoms with Gasteiger partial charge < -0.3 is 5.11 Å². The summed E-state index contributed by atoms with van der Waals surface area (Å²) >= 11 is 0. The number of carbonyl (C=O) groups is 4. The maximum Gasteiger partial charge on any atom is 0.266 e. The maximum absolute atomic E-state index is 15.7. The summed E-state index contributed by atoms with van der Waals surface area (Å²) in [6.07, 6.45) is -0.107. The summed E-state index contributed by atoms with van der Waals surface area (Å²) in [6.45, 7) is 3.43. The minimum atomic E-state index is -2.59. The van der Waals surface area contributed by atoms with E-state index in [1.807, 2.05) is 0 Å². The van der Waals surface area contributed by atoms with E-state index < -0.39 is 150 Å². The number of amides is 4. The molecule has 0 saturated heterocycles. The van der Waals surface area contributed by atoms with Crippen LogP contribution < -0.4 is 4.90 Å². The van der Waals surface area contributed by atoms with E-state index in [2.05, 4.69) is 0 Å². The second kappa shape index (κ2) is 13.3. The van der Waals surface area contributed by atoms with Gasteiger partial charge in [-0.05, 0) is 43.0 Å². The minimum absolute atomic E-state index is 0.122. The van der Waals surface area contributed by atoms with Crippen LogP contribution in [-0.4, -0.2) is 46.3 Å². The molecule has 5 aromatic rings. The number of imide groups is 2. The molecule has 4 amide bonds. The van der Waals surface area contributed by atoms with Gasteiger partial charge in [0.05, 0.1) is 40.6 Å². The van der Waals surface area contributed by atoms with E-state index >= 15 is 17.6 Å². The second-order valence-electron chi connectivity index (χ2n) is 12.9. The van der Waals surface area contributed by atoms with Crippen LogP contribution in [-0.2, 0) is 6.42 Å². The van der Waals surface area contributed by atoms with Crippen molar-refractivity contribution < 1.29 is 68.2 Å². The predicted octanol–water partition coefficient (Wildman–Crippen LogP) is 8.60. The van der Waals surface area contributed by atoms with Crippen LogP contribution in [0.2, 0.25) is 0 Å². The highest BCUT2D eigenvalue weighted by Gasteiger charge is 2.47. The van der Waals surface area contributed by atoms with Gasteiger partial charge in [-0.15, -0.1) is 0 Å². The van der Waals surface area contributed by atoms with Crippen molar-refractivity contribution in [1.29, 1.82) is 0 Å². The first-order valence-corrected chi connectivity index (χ1v) is 16.6. The van der Waals surface area contributed by atoms with E-state index in [-0.39, 0.29) is 29.7 Å². The van der Waals surface area contributed by atoms with Gasteiger partial charge in [0.2, 0.25) is 11.6 Å². The number of aliphatic hydroxyl groups excluding tert-OH is 1. The summed E-state index contributed by atoms with van der Waals surface area (Å²) in [5.74, 6) is -30.9. The molecular formula is C39H22F10N2O5. The van der Waals surface area contributed by atoms with E-state index in [4.69, 9.17) is 0 Å². The Bertz CT molecular complexity index is 2620. The SMILES string of the molecule is CCc1cccc(C)c1N1C(=O)c2cc(-c3c(F)c(F)c(F)c(F)c3F)c3c4c(cc(-c5c(F)c(F)c(F)c(F)c5F)c(c24)C1=O)C(=O)N(C(CC)CO)C3=O. The minimum Gasteiger partial charge on any atom is -0.394 e. The zero-order chi connectivity index (χ0) is 41.0. The fraction of sp³-hybridized carbons (Fsp3) is 0.179. The zero-order valence-electron chi connectivity index (χ0n) is 28.8. The van der Waals surface area contributed by atoms with Crippen molar-refractivity contribution in [2.24, 2.45) is 0 Å². The molecule has 0 radical (unpaired) electrons. The largest absolute Gasteiger partial charge is 0.394 e. The fourth-order valence-electron chi connectivity index (χ4n) is 7.41. The number of hydrogen-bond acceptors (Lipinski definition) is 5. The summed E-state index contributed by atoms with van der Waals surface area (Å²) in [6, 6.07) is 3.90. The molecule has 288 valence electrons. The smallest absolute Gasteiger partial charge is 0.266 e. The van der Waals surface area contributed by atoms with Crippen LogP contribution in [0.15, 0.2) is 30.3 Å². The Balaban J connectivity index is 1.77. The molecule has 2 heterocycles. The number of aryl methyl sites for hydroxylation is 2. The molecule has 17 heteroatoms. The van der Waals surface area contributed by atoms with Gasteiger partial charge >= 0.3 is 0 Å². The molecule has 5 aromatic carbocycles. The third-order valence-corrected chi connectivity index (χ3v) is 10.1. The topological polar surface area (TPSA) is 95.0 Å². The molecule has 1 N–H and O–H groups in total. The standard InChI is InChI=1S/C39H22F10N2O5/c1-4-13-8-6-7-12(3)35(13)51-37(54)18-10-15(23-25(40)29(44)33(48)30(45)26(23)41)21-19-17(36(53)50(38(21)55)14(5-2)11-52)9-16(22(20(18)19)39(51)56)24-27(42)31(46)34(49)32(47)28(24)43/h6-10,14,52H,4-5,11H2,1-3H3. The molecule has 56 heavy (non-hydrogen) atoms. The summed E-state index contributed by atoms with van der Waals surface area (Å²) in [5, 5.41) is 8.41. The number of carbonyl (C=O) groups excluding carboxylic acids is 4. The first-order valence-electron chi connectivity index (χ1n) is 16.6. The number of benzene rings is 5. The van der Waals surface area contributed by atoms with E-state index in [1.165, 1.54) is 32.0 Å². The van der Waals surface area contributed by atoms with Crippen molar-refractivity contribution in [2.45, 2.75) is 39.7 Å². The quantitative estimate of drug-likeness (QED) is 0.0772. The van der Waals surface area contributed by atoms with Crippen LogP contribution in [0.4, 0.5) is 49.6 Å². The Hall–Kier alpha value is -6.10. The molecule has 7 rings (SSSR count). The number of rotatable bonds is 7. The van der Waals surface area contributed by atoms with Crippen molar-refractivity contribution in [1.82, 2.24) is 4.90 Å². The third-order valence-electron chi connectivity index (χ3n) is 10.1. The first kappa shape index (κ1) is 38.2. The molecule has 0 saturated carbocycles. The van der Waals surface area contributed by atoms with E-state index in [0.29, 0.717) is 21.9 Å². The molecule has 1 unspecified atom stereocenters. The predicted molar refractivity (Wildman–Crippen MR) is 178 cm³/mol. The Morgan fingerprint density at radius 3 is 1.41 bits per heavy atom. The van der Waals surface area contributed by atoms with Crippen molar-refractivity contribution in [3.05, 3.63) is 122 Å². The van der Waals surface area contributed by atoms with Gasteiger partial charge in [0, 0.05) is 33.0 Å². The van der Waals surface area contributed by atoms with Gasteiger partial charge in [0.25, 0.3) is 23.6 Å². The van der Waals surface area contributed by atoms with Crippen LogP contribution in [0, 0.1) is 65.1 Å². The lowest BCUT2D eigenvalue weighted by Crippen LogP contribution is -2.49. The van der Waals surface area contributed by atoms with Crippen LogP contribution in [0.1, 0.15) is 72.8 Å². The van der Waals surface area contributed by atoms with Gasteiger partial charge in [-0.2, -0.15) is 0 Å². The van der Waals surface area contributed by atoms with Gasteiger partial charge in [-0.25, -0.2) is 48.8 Å². The fourth-order valence-corrected chi connectivity index (χ4v) is 7.41. The average molecular weight is 789 g/mol. The van der Waals surface area contributed by atoms with Crippen LogP contribution in [0.3, 0.4) is 0 Å². The summed E-state index contributed by atoms with van der Waals surface area (Å²) < 4.78 is 151. The van der Waals surface area contributed by atoms with E-state index in [1.54, 1.807) is 6.92 Å². The molecule has 0 aromatic heterocycles. The molecule has 2 aliphatic rings. The molecule has 2 aliphatic heterocycles. The molecule has 0 aliphatic carbocycles. The normalized spacial score (nSPS) is 14.5. The number of aliphatic hydroxyl groups is 1. The van der Waals surface area contributed by atoms with Gasteiger partial charge in [0.15, 0.2) is 46.5 Å². The first-order chi connectivity index (χ1) is 26.5. The Morgan fingerprint density at radius 2 is 0.982 bits per heavy atom. The third kappa shape index (κ3) is 4.95. The maximum atomic E-state index is 15.7. The van der Waals surface area contributed by atoms with Gasteiger partial charge in [-0.3, -0.25) is 24.1 Å². The highest BCUT2D eigenvalue weighted by atomic mass is 19.2. The zero-order valence-corrected chi connectivity index (χ0v) is 28.8. The van der Waals surface area contributed by atoms with Gasteiger partial charge in [-0.1, -0.05) is 32.0 Å². The monoisotopic (exact) mass is 788 g/mol. The molecule has 0 bridgehead atoms. The van der Waals surface area contributed by atoms with Crippen molar-refractivity contribution in [2.75, 3.05) is 11.5 Å². The lowest BCUT2D eigenvalue weighted by Gasteiger charge is -2.37. The number of halogens is 10. The Labute approximate surface area is 308 Å². The second-order valence-corrected chi connectivity index (χ2v) is 12.9. The van der Waals surface area contributed by atoms with Crippen LogP contribution in [0.5, 0.6) is 0 Å². The van der Waals surface area contributed by atoms with E-state index in [0.717, 1.165) is 0 Å². The van der Waals surface area contributed by atoms with Crippen LogP contribution in [0.25, 0.3) is 33.0 Å². The summed E-state index contributed by atoms with van der Waals surface area (Å²) in [4.78, 5) is 58.8. The molecule has 7 nitrogen and oxygen atoms in total. The summed E-state index contributed by atoms with van der Waals surface area (Å²) in [7, 11) is 0. The number of para-hydroxylation sites is 1. The number of anilines is 1. The van der Waals surface area contributed by atoms with Gasteiger partial charge in [0.1, 0.15) is 0 Å². The van der Waals surface area contributed by atoms with Crippen molar-refractivity contribution in [3.63, 3.8) is 0 Å². The number of nitrogens with zero attached hydrogens (tertiary/aromatic N) is 2. The lowest BCUT2D eigenvalue weighted by atomic mass is 9.78. The van der Waals surface area contributed by atoms with Crippen molar-refractivity contribution >= 4 is 40.1 Å². The molecule has 0 spiro atoms. The average Bonchev–Trinajstić information content (AvgIpc) is 3.18. The highest BCUT2D eigenvalue weighted by Crippen LogP contribution is 2.49. The number of hydrogen-bond donors (Lipinski definition) is 1. The molecular weight excluding hydrogens is 766 g/mol. The summed E-state index contributed by atoms with van der Waals surface area (Å²) in [5.41, 5.74) is -9.42. The van der Waals surface area contributed by atoms with Crippen LogP contribution >= 0.6 is 0 Å². The molecule has 1 atom stereocenters. The highest BCUT2D eigenvalue weighted by molar-refractivity contribution is 6.42. The van der Waals surface area contributed by atoms with Crippen molar-refractivity contribution in [3.8, 4) is 22.3 Å². The lowest BCUT2D eigenvalue weighted by molar-refractivity contribution is 0.0465. The Kier molecular flexibility index (Phi) is 9.06. The Morgan fingerprint density at radius 1 is 0.554 bits per heavy atom. The van der Waals surface area contributed by atoms with E-state index in [9.17, 15) is 50.6 Å².